The summed E-state index contributed by atoms with van der Waals surface area (Å²) in [4.78, 5) is 4.53. The Morgan fingerprint density at radius 1 is 1.22 bits per heavy atom. The molecule has 0 aliphatic heterocycles. The Labute approximate surface area is 111 Å². The number of aryl methyl sites for hydroxylation is 2. The molecule has 0 spiro atoms. The van der Waals surface area contributed by atoms with Gasteiger partial charge in [0.15, 0.2) is 0 Å². The van der Waals surface area contributed by atoms with Gasteiger partial charge < -0.3 is 5.32 Å². The molecule has 0 saturated carbocycles. The first-order chi connectivity index (χ1) is 8.49. The Kier molecular flexibility index (Phi) is 5.14. The largest absolute Gasteiger partial charge is 0.377 e. The lowest BCUT2D eigenvalue weighted by molar-refractivity contribution is 1.10. The molecule has 0 fully saturated rings. The Morgan fingerprint density at radius 2 is 1.89 bits per heavy atom. The molecule has 98 valence electrons. The van der Waals surface area contributed by atoms with Crippen molar-refractivity contribution in [3.63, 3.8) is 0 Å². The number of rotatable bonds is 3. The van der Waals surface area contributed by atoms with Crippen molar-refractivity contribution in [1.82, 2.24) is 5.32 Å². The summed E-state index contributed by atoms with van der Waals surface area (Å²) in [5.41, 5.74) is 6.34. The average Bonchev–Trinajstić information content (AvgIpc) is 2.38. The third-order valence-electron chi connectivity index (χ3n) is 3.40. The molecule has 0 atom stereocenters. The standard InChI is InChI=1S/C16H24N2/c1-7-15-10-16(9-8-11(15)2)12(3)13(4)18-14(5)17-6/h8-10H,7H2,1-6H3,(H,17,18)/b13-12+. The Hall–Kier alpha value is -1.57. The summed E-state index contributed by atoms with van der Waals surface area (Å²) in [6.07, 6.45) is 1.07. The van der Waals surface area contributed by atoms with E-state index in [0.29, 0.717) is 0 Å². The van der Waals surface area contributed by atoms with Crippen molar-refractivity contribution in [2.75, 3.05) is 7.05 Å². The summed E-state index contributed by atoms with van der Waals surface area (Å²) in [5.74, 6) is 0.940. The van der Waals surface area contributed by atoms with Crippen LogP contribution in [0.4, 0.5) is 0 Å². The molecule has 0 aliphatic carbocycles. The van der Waals surface area contributed by atoms with Crippen molar-refractivity contribution in [3.05, 3.63) is 40.6 Å². The van der Waals surface area contributed by atoms with Crippen LogP contribution in [0.5, 0.6) is 0 Å². The van der Waals surface area contributed by atoms with Gasteiger partial charge in [-0.05, 0) is 56.4 Å². The quantitative estimate of drug-likeness (QED) is 0.632. The van der Waals surface area contributed by atoms with Crippen molar-refractivity contribution >= 4 is 11.4 Å². The van der Waals surface area contributed by atoms with Crippen molar-refractivity contribution in [2.45, 2.75) is 41.0 Å². The van der Waals surface area contributed by atoms with Gasteiger partial charge in [-0.2, -0.15) is 0 Å². The van der Waals surface area contributed by atoms with Gasteiger partial charge >= 0.3 is 0 Å². The molecule has 2 nitrogen and oxygen atoms in total. The second-order valence-electron chi connectivity index (χ2n) is 4.65. The lowest BCUT2D eigenvalue weighted by atomic mass is 9.98. The molecule has 0 radical (unpaired) electrons. The molecule has 1 N–H and O–H groups in total. The molecule has 1 aromatic rings. The van der Waals surface area contributed by atoms with Crippen molar-refractivity contribution < 1.29 is 0 Å². The number of benzene rings is 1. The van der Waals surface area contributed by atoms with Gasteiger partial charge in [0.2, 0.25) is 0 Å². The van der Waals surface area contributed by atoms with Gasteiger partial charge in [-0.3, -0.25) is 0 Å². The summed E-state index contributed by atoms with van der Waals surface area (Å²) in [6.45, 7) is 10.5. The lowest BCUT2D eigenvalue weighted by Gasteiger charge is -2.09. The number of amidine groups is 1. The predicted molar refractivity (Wildman–Crippen MR) is 81.0 cm³/mol. The fraction of sp³-hybridized carbons (Fsp3) is 0.438. The van der Waals surface area contributed by atoms with E-state index >= 15 is 0 Å². The van der Waals surface area contributed by atoms with Gasteiger partial charge in [0.25, 0.3) is 0 Å². The second kappa shape index (κ2) is 6.39. The Balaban J connectivity index is 3.17. The number of hydrogen-bond donors (Lipinski definition) is 1. The van der Waals surface area contributed by atoms with Crippen molar-refractivity contribution in [2.24, 2.45) is 4.99 Å². The van der Waals surface area contributed by atoms with Gasteiger partial charge in [0.1, 0.15) is 0 Å². The van der Waals surface area contributed by atoms with Crippen LogP contribution in [0.3, 0.4) is 0 Å². The molecule has 0 bridgehead atoms. The maximum Gasteiger partial charge on any atom is 0.0984 e. The maximum absolute atomic E-state index is 4.53. The smallest absolute Gasteiger partial charge is 0.0984 e. The minimum Gasteiger partial charge on any atom is -0.377 e. The molecule has 0 amide bonds. The molecule has 0 aliphatic rings. The number of aliphatic imine (C=N–C) groups is 1. The minimum atomic E-state index is 0.940. The van der Waals surface area contributed by atoms with Gasteiger partial charge in [-0.15, -0.1) is 0 Å². The van der Waals surface area contributed by atoms with E-state index in [1.165, 1.54) is 22.3 Å². The molecule has 0 heterocycles. The summed E-state index contributed by atoms with van der Waals surface area (Å²) >= 11 is 0. The Bertz CT molecular complexity index is 482. The van der Waals surface area contributed by atoms with E-state index in [4.69, 9.17) is 0 Å². The molecule has 1 rings (SSSR count). The summed E-state index contributed by atoms with van der Waals surface area (Å²) in [6, 6.07) is 6.65. The molecule has 0 saturated heterocycles. The zero-order valence-electron chi connectivity index (χ0n) is 12.4. The first-order valence-corrected chi connectivity index (χ1v) is 6.50. The Morgan fingerprint density at radius 3 is 2.44 bits per heavy atom. The van der Waals surface area contributed by atoms with Crippen LogP contribution in [-0.4, -0.2) is 12.9 Å². The van der Waals surface area contributed by atoms with Crippen LogP contribution in [0.25, 0.3) is 5.57 Å². The molecule has 18 heavy (non-hydrogen) atoms. The number of nitrogens with one attached hydrogen (secondary N) is 1. The zero-order chi connectivity index (χ0) is 13.7. The van der Waals surface area contributed by atoms with Crippen molar-refractivity contribution in [3.8, 4) is 0 Å². The third kappa shape index (κ3) is 3.46. The molecule has 2 heteroatoms. The van der Waals surface area contributed by atoms with E-state index < -0.39 is 0 Å². The lowest BCUT2D eigenvalue weighted by Crippen LogP contribution is -2.13. The summed E-state index contributed by atoms with van der Waals surface area (Å²) in [7, 11) is 1.89. The van der Waals surface area contributed by atoms with Crippen LogP contribution in [0.1, 0.15) is 44.4 Å². The molecular weight excluding hydrogens is 220 g/mol. The van der Waals surface area contributed by atoms with E-state index in [1.54, 1.807) is 0 Å². The first kappa shape index (κ1) is 14.5. The van der Waals surface area contributed by atoms with Crippen LogP contribution < -0.4 is 5.32 Å². The molecule has 0 aromatic heterocycles. The van der Waals surface area contributed by atoms with E-state index in [0.717, 1.165) is 18.0 Å². The van der Waals surface area contributed by atoms with Crippen molar-refractivity contribution in [1.29, 1.82) is 0 Å². The van der Waals surface area contributed by atoms with E-state index in [2.05, 4.69) is 56.2 Å². The first-order valence-electron chi connectivity index (χ1n) is 6.50. The normalized spacial score (nSPS) is 13.3. The SMILES string of the molecule is CCc1cc(/C(C)=C(C)/N=C(\C)NC)ccc1C. The number of allylic oxidation sites excluding steroid dienone is 2. The highest BCUT2D eigenvalue weighted by Gasteiger charge is 2.03. The third-order valence-corrected chi connectivity index (χ3v) is 3.40. The average molecular weight is 244 g/mol. The zero-order valence-corrected chi connectivity index (χ0v) is 12.4. The van der Waals surface area contributed by atoms with Gasteiger partial charge in [-0.25, -0.2) is 4.99 Å². The van der Waals surface area contributed by atoms with Crippen LogP contribution >= 0.6 is 0 Å². The van der Waals surface area contributed by atoms with Gasteiger partial charge in [-0.1, -0.05) is 25.1 Å². The topological polar surface area (TPSA) is 24.4 Å². The van der Waals surface area contributed by atoms with Crippen LogP contribution in [0.15, 0.2) is 28.9 Å². The van der Waals surface area contributed by atoms with Crippen LogP contribution in [0.2, 0.25) is 0 Å². The highest BCUT2D eigenvalue weighted by Crippen LogP contribution is 2.22. The number of nitrogens with zero attached hydrogens (tertiary/aromatic N) is 1. The summed E-state index contributed by atoms with van der Waals surface area (Å²) in [5, 5.41) is 3.05. The van der Waals surface area contributed by atoms with E-state index in [9.17, 15) is 0 Å². The highest BCUT2D eigenvalue weighted by atomic mass is 15.0. The highest BCUT2D eigenvalue weighted by molar-refractivity contribution is 5.81. The van der Waals surface area contributed by atoms with Gasteiger partial charge in [0, 0.05) is 12.7 Å². The molecular formula is C16H24N2. The maximum atomic E-state index is 4.53. The molecule has 0 unspecified atom stereocenters. The second-order valence-corrected chi connectivity index (χ2v) is 4.65. The summed E-state index contributed by atoms with van der Waals surface area (Å²) < 4.78 is 0. The predicted octanol–water partition coefficient (Wildman–Crippen LogP) is 3.95. The van der Waals surface area contributed by atoms with Crippen LogP contribution in [-0.2, 0) is 6.42 Å². The van der Waals surface area contributed by atoms with E-state index in [-0.39, 0.29) is 0 Å². The van der Waals surface area contributed by atoms with Gasteiger partial charge in [0.05, 0.1) is 5.84 Å². The minimum absolute atomic E-state index is 0.940. The van der Waals surface area contributed by atoms with Crippen LogP contribution in [0, 0.1) is 6.92 Å². The molecule has 1 aromatic carbocycles. The fourth-order valence-corrected chi connectivity index (χ4v) is 1.89. The number of hydrogen-bond acceptors (Lipinski definition) is 1. The van der Waals surface area contributed by atoms with E-state index in [1.807, 2.05) is 14.0 Å². The fourth-order valence-electron chi connectivity index (χ4n) is 1.89. The monoisotopic (exact) mass is 244 g/mol.